The molecule has 0 bridgehead atoms. The fraction of sp³-hybridized carbons (Fsp3) is 0.364. The average molecular weight is 307 g/mol. The normalized spacial score (nSPS) is 10.1. The van der Waals surface area contributed by atoms with Crippen molar-refractivity contribution >= 4 is 11.7 Å². The van der Waals surface area contributed by atoms with Gasteiger partial charge in [-0.15, -0.1) is 0 Å². The van der Waals surface area contributed by atoms with Gasteiger partial charge in [0.25, 0.3) is 0 Å². The quantitative estimate of drug-likeness (QED) is 0.154. The van der Waals surface area contributed by atoms with E-state index in [4.69, 9.17) is 5.53 Å². The number of carbonyl (C=O) groups is 1. The van der Waals surface area contributed by atoms with E-state index in [0.29, 0.717) is 0 Å². The number of ether oxygens (including phenoxy) is 2. The minimum absolute atomic E-state index is 0.219. The fourth-order valence-electron chi connectivity index (χ4n) is 1.37. The molecule has 0 aromatic heterocycles. The molecule has 0 radical (unpaired) electrons. The summed E-state index contributed by atoms with van der Waals surface area (Å²) >= 11 is 0. The van der Waals surface area contributed by atoms with Crippen molar-refractivity contribution < 1.29 is 31.8 Å². The molecule has 0 heterocycles. The standard InChI is InChI=1S/C11H9F4N3O3/c1-20-3-2-4-21-11(19)5-6(12)8(14)10(17-18-16)9(15)7(5)13/h2-4H2,1H3. The first-order chi connectivity index (χ1) is 9.95. The number of carbonyl (C=O) groups excluding carboxylic acids is 1. The largest absolute Gasteiger partial charge is 0.462 e. The van der Waals surface area contributed by atoms with E-state index in [1.54, 1.807) is 0 Å². The van der Waals surface area contributed by atoms with Gasteiger partial charge in [0.15, 0.2) is 23.3 Å². The average Bonchev–Trinajstić information content (AvgIpc) is 2.46. The highest BCUT2D eigenvalue weighted by atomic mass is 19.2. The Bertz CT molecular complexity index is 574. The highest BCUT2D eigenvalue weighted by molar-refractivity contribution is 5.90. The number of halogens is 4. The summed E-state index contributed by atoms with van der Waals surface area (Å²) in [5.41, 5.74) is 5.05. The van der Waals surface area contributed by atoms with Crippen molar-refractivity contribution in [1.82, 2.24) is 0 Å². The molecule has 0 saturated carbocycles. The Morgan fingerprint density at radius 3 is 2.19 bits per heavy atom. The summed E-state index contributed by atoms with van der Waals surface area (Å²) in [6.45, 7) is -0.0380. The maximum Gasteiger partial charge on any atom is 0.344 e. The molecule has 0 amide bonds. The summed E-state index contributed by atoms with van der Waals surface area (Å²) in [5, 5.41) is 2.50. The van der Waals surface area contributed by atoms with Gasteiger partial charge in [-0.1, -0.05) is 5.11 Å². The summed E-state index contributed by atoms with van der Waals surface area (Å²) in [5.74, 6) is -9.52. The molecule has 0 fully saturated rings. The molecule has 0 aliphatic rings. The summed E-state index contributed by atoms with van der Waals surface area (Å²) in [4.78, 5) is 13.5. The zero-order chi connectivity index (χ0) is 16.0. The molecule has 1 aromatic rings. The van der Waals surface area contributed by atoms with Gasteiger partial charge in [-0.2, -0.15) is 0 Å². The lowest BCUT2D eigenvalue weighted by Crippen LogP contribution is -2.14. The highest BCUT2D eigenvalue weighted by Crippen LogP contribution is 2.30. The van der Waals surface area contributed by atoms with Crippen LogP contribution < -0.4 is 0 Å². The molecular formula is C11H9F4N3O3. The maximum absolute atomic E-state index is 13.6. The van der Waals surface area contributed by atoms with Crippen LogP contribution in [0.4, 0.5) is 23.2 Å². The smallest absolute Gasteiger partial charge is 0.344 e. The molecule has 0 N–H and O–H groups in total. The second kappa shape index (κ2) is 7.46. The van der Waals surface area contributed by atoms with Crippen LogP contribution in [0.1, 0.15) is 16.8 Å². The van der Waals surface area contributed by atoms with Crippen molar-refractivity contribution in [2.24, 2.45) is 5.11 Å². The van der Waals surface area contributed by atoms with E-state index in [-0.39, 0.29) is 19.6 Å². The van der Waals surface area contributed by atoms with Crippen LogP contribution in [0.5, 0.6) is 0 Å². The van der Waals surface area contributed by atoms with E-state index < -0.39 is 40.5 Å². The molecular weight excluding hydrogens is 298 g/mol. The lowest BCUT2D eigenvalue weighted by Gasteiger charge is -2.09. The lowest BCUT2D eigenvalue weighted by atomic mass is 10.1. The van der Waals surface area contributed by atoms with E-state index in [0.717, 1.165) is 0 Å². The summed E-state index contributed by atoms with van der Waals surface area (Å²) < 4.78 is 63.1. The van der Waals surface area contributed by atoms with Crippen LogP contribution in [0.15, 0.2) is 5.11 Å². The van der Waals surface area contributed by atoms with E-state index >= 15 is 0 Å². The predicted molar refractivity (Wildman–Crippen MR) is 61.9 cm³/mol. The molecule has 0 spiro atoms. The third-order valence-corrected chi connectivity index (χ3v) is 2.32. The van der Waals surface area contributed by atoms with Gasteiger partial charge in [-0.25, -0.2) is 22.4 Å². The Labute approximate surface area is 115 Å². The minimum Gasteiger partial charge on any atom is -0.462 e. The Hall–Kier alpha value is -2.32. The number of methoxy groups -OCH3 is 1. The molecule has 0 saturated heterocycles. The molecule has 6 nitrogen and oxygen atoms in total. The first-order valence-electron chi connectivity index (χ1n) is 5.52. The molecule has 1 aromatic carbocycles. The lowest BCUT2D eigenvalue weighted by molar-refractivity contribution is 0.0455. The zero-order valence-electron chi connectivity index (χ0n) is 10.7. The second-order valence-corrected chi connectivity index (χ2v) is 3.65. The van der Waals surface area contributed by atoms with Crippen LogP contribution in [-0.4, -0.2) is 26.3 Å². The Balaban J connectivity index is 3.14. The number of esters is 1. The number of hydrogen-bond acceptors (Lipinski definition) is 4. The van der Waals surface area contributed by atoms with Gasteiger partial charge in [0.05, 0.1) is 6.61 Å². The molecule has 10 heteroatoms. The zero-order valence-corrected chi connectivity index (χ0v) is 10.7. The van der Waals surface area contributed by atoms with Crippen LogP contribution >= 0.6 is 0 Å². The molecule has 0 unspecified atom stereocenters. The Morgan fingerprint density at radius 2 is 1.71 bits per heavy atom. The van der Waals surface area contributed by atoms with Crippen LogP contribution in [0.25, 0.3) is 10.4 Å². The van der Waals surface area contributed by atoms with E-state index in [1.165, 1.54) is 7.11 Å². The van der Waals surface area contributed by atoms with Gasteiger partial charge in [0.2, 0.25) is 0 Å². The minimum atomic E-state index is -1.99. The van der Waals surface area contributed by atoms with Crippen molar-refractivity contribution in [3.05, 3.63) is 39.3 Å². The van der Waals surface area contributed by atoms with E-state index in [1.807, 2.05) is 4.91 Å². The Morgan fingerprint density at radius 1 is 1.14 bits per heavy atom. The third kappa shape index (κ3) is 3.61. The van der Waals surface area contributed by atoms with Crippen molar-refractivity contribution in [3.8, 4) is 0 Å². The maximum atomic E-state index is 13.6. The summed E-state index contributed by atoms with van der Waals surface area (Å²) in [6, 6.07) is 0. The SMILES string of the molecule is COCCCOC(=O)c1c(F)c(F)c(N=[N+]=[N-])c(F)c1F. The second-order valence-electron chi connectivity index (χ2n) is 3.65. The van der Waals surface area contributed by atoms with Gasteiger partial charge in [0, 0.05) is 25.0 Å². The monoisotopic (exact) mass is 307 g/mol. The van der Waals surface area contributed by atoms with Crippen LogP contribution in [0.2, 0.25) is 0 Å². The van der Waals surface area contributed by atoms with Gasteiger partial charge >= 0.3 is 5.97 Å². The highest BCUT2D eigenvalue weighted by Gasteiger charge is 2.29. The predicted octanol–water partition coefficient (Wildman–Crippen LogP) is 3.38. The molecule has 0 aliphatic carbocycles. The summed E-state index contributed by atoms with van der Waals surface area (Å²) in [7, 11) is 1.39. The number of hydrogen-bond donors (Lipinski definition) is 0. The third-order valence-electron chi connectivity index (χ3n) is 2.32. The molecule has 114 valence electrons. The van der Waals surface area contributed by atoms with Crippen LogP contribution in [0.3, 0.4) is 0 Å². The number of azide groups is 1. The molecule has 0 atom stereocenters. The number of benzene rings is 1. The van der Waals surface area contributed by atoms with E-state index in [9.17, 15) is 22.4 Å². The Kier molecular flexibility index (Phi) is 5.94. The van der Waals surface area contributed by atoms with Crippen molar-refractivity contribution in [2.75, 3.05) is 20.3 Å². The molecule has 1 rings (SSSR count). The van der Waals surface area contributed by atoms with Gasteiger partial charge in [-0.3, -0.25) is 0 Å². The molecule has 21 heavy (non-hydrogen) atoms. The van der Waals surface area contributed by atoms with Gasteiger partial charge in [0.1, 0.15) is 11.3 Å². The fourth-order valence-corrected chi connectivity index (χ4v) is 1.37. The number of rotatable bonds is 6. The number of nitrogens with zero attached hydrogens (tertiary/aromatic N) is 3. The van der Waals surface area contributed by atoms with Crippen molar-refractivity contribution in [2.45, 2.75) is 6.42 Å². The van der Waals surface area contributed by atoms with Crippen molar-refractivity contribution in [1.29, 1.82) is 0 Å². The van der Waals surface area contributed by atoms with Gasteiger partial charge < -0.3 is 9.47 Å². The first kappa shape index (κ1) is 16.7. The van der Waals surface area contributed by atoms with Crippen LogP contribution in [-0.2, 0) is 9.47 Å². The summed E-state index contributed by atoms with van der Waals surface area (Å²) in [6.07, 6.45) is 0.229. The van der Waals surface area contributed by atoms with Gasteiger partial charge in [-0.05, 0) is 5.53 Å². The van der Waals surface area contributed by atoms with Crippen LogP contribution in [0, 0.1) is 23.3 Å². The van der Waals surface area contributed by atoms with E-state index in [2.05, 4.69) is 14.6 Å². The topological polar surface area (TPSA) is 84.3 Å². The molecule has 0 aliphatic heterocycles. The van der Waals surface area contributed by atoms with Crippen molar-refractivity contribution in [3.63, 3.8) is 0 Å². The first-order valence-corrected chi connectivity index (χ1v) is 5.52.